The molecule has 1 aliphatic carbocycles. The van der Waals surface area contributed by atoms with Crippen LogP contribution in [0, 0.1) is 0 Å². The van der Waals surface area contributed by atoms with Crippen LogP contribution in [0.5, 0.6) is 5.75 Å². The van der Waals surface area contributed by atoms with E-state index >= 15 is 0 Å². The largest absolute Gasteiger partial charge is 0.491 e. The van der Waals surface area contributed by atoms with E-state index in [4.69, 9.17) is 21.7 Å². The van der Waals surface area contributed by atoms with Gasteiger partial charge in [-0.05, 0) is 80.5 Å². The second-order valence-corrected chi connectivity index (χ2v) is 8.27. The molecule has 0 aliphatic heterocycles. The van der Waals surface area contributed by atoms with E-state index in [0.29, 0.717) is 42.4 Å². The molecule has 8 heteroatoms. The smallest absolute Gasteiger partial charge is 0.257 e. The second kappa shape index (κ2) is 12.9. The molecule has 0 atom stereocenters. The maximum absolute atomic E-state index is 12.4. The van der Waals surface area contributed by atoms with E-state index in [9.17, 15) is 9.59 Å². The lowest BCUT2D eigenvalue weighted by atomic mass is 9.95. The molecule has 3 N–H and O–H groups in total. The van der Waals surface area contributed by atoms with Crippen molar-refractivity contribution in [2.75, 3.05) is 25.1 Å². The third kappa shape index (κ3) is 8.14. The van der Waals surface area contributed by atoms with E-state index in [0.717, 1.165) is 12.8 Å². The molecule has 0 radical (unpaired) electrons. The van der Waals surface area contributed by atoms with E-state index in [1.54, 1.807) is 48.5 Å². The minimum atomic E-state index is -0.322. The highest BCUT2D eigenvalue weighted by molar-refractivity contribution is 7.80. The van der Waals surface area contributed by atoms with Crippen molar-refractivity contribution in [3.05, 3.63) is 59.7 Å². The SMILES string of the molecule is CCOCCOc1ccc(C(=O)NC(=S)Nc2ccc(C(=O)NC3CCCCC3)cc2)cc1. The van der Waals surface area contributed by atoms with Gasteiger partial charge in [-0.3, -0.25) is 14.9 Å². The Morgan fingerprint density at radius 2 is 1.55 bits per heavy atom. The summed E-state index contributed by atoms with van der Waals surface area (Å²) in [5.41, 5.74) is 1.75. The maximum atomic E-state index is 12.4. The Morgan fingerprint density at radius 3 is 2.21 bits per heavy atom. The summed E-state index contributed by atoms with van der Waals surface area (Å²) in [5.74, 6) is 0.283. The zero-order valence-electron chi connectivity index (χ0n) is 18.9. The van der Waals surface area contributed by atoms with Crippen molar-refractivity contribution in [2.24, 2.45) is 0 Å². The van der Waals surface area contributed by atoms with Crippen molar-refractivity contribution in [3.8, 4) is 5.75 Å². The Balaban J connectivity index is 1.44. The molecule has 2 aromatic rings. The first-order valence-corrected chi connectivity index (χ1v) is 11.8. The van der Waals surface area contributed by atoms with Crippen LogP contribution in [0.1, 0.15) is 59.7 Å². The molecule has 33 heavy (non-hydrogen) atoms. The van der Waals surface area contributed by atoms with Gasteiger partial charge in [-0.25, -0.2) is 0 Å². The van der Waals surface area contributed by atoms with Gasteiger partial charge < -0.3 is 20.1 Å². The van der Waals surface area contributed by atoms with Crippen molar-refractivity contribution in [1.82, 2.24) is 10.6 Å². The van der Waals surface area contributed by atoms with Gasteiger partial charge in [0.25, 0.3) is 11.8 Å². The van der Waals surface area contributed by atoms with Crippen molar-refractivity contribution in [2.45, 2.75) is 45.1 Å². The van der Waals surface area contributed by atoms with Gasteiger partial charge in [-0.15, -0.1) is 0 Å². The quantitative estimate of drug-likeness (QED) is 0.375. The Bertz CT molecular complexity index is 926. The van der Waals surface area contributed by atoms with E-state index < -0.39 is 0 Å². The van der Waals surface area contributed by atoms with Crippen LogP contribution in [0.4, 0.5) is 5.69 Å². The lowest BCUT2D eigenvalue weighted by Crippen LogP contribution is -2.36. The molecule has 0 bridgehead atoms. The molecular formula is C25H31N3O4S. The highest BCUT2D eigenvalue weighted by atomic mass is 32.1. The average molecular weight is 470 g/mol. The zero-order valence-corrected chi connectivity index (χ0v) is 19.7. The summed E-state index contributed by atoms with van der Waals surface area (Å²) in [6, 6.07) is 14.1. The van der Waals surface area contributed by atoms with Gasteiger partial charge in [0.15, 0.2) is 5.11 Å². The fourth-order valence-electron chi connectivity index (χ4n) is 3.62. The number of benzene rings is 2. The molecule has 176 valence electrons. The monoisotopic (exact) mass is 469 g/mol. The van der Waals surface area contributed by atoms with Crippen LogP contribution in [0.25, 0.3) is 0 Å². The molecule has 3 rings (SSSR count). The summed E-state index contributed by atoms with van der Waals surface area (Å²) in [7, 11) is 0. The highest BCUT2D eigenvalue weighted by Gasteiger charge is 2.16. The fourth-order valence-corrected chi connectivity index (χ4v) is 3.83. The first-order valence-electron chi connectivity index (χ1n) is 11.4. The van der Waals surface area contributed by atoms with Crippen LogP contribution in [0.2, 0.25) is 0 Å². The van der Waals surface area contributed by atoms with Crippen LogP contribution >= 0.6 is 12.2 Å². The van der Waals surface area contributed by atoms with E-state index in [1.165, 1.54) is 19.3 Å². The van der Waals surface area contributed by atoms with Crippen molar-refractivity contribution in [1.29, 1.82) is 0 Å². The molecule has 2 aromatic carbocycles. The second-order valence-electron chi connectivity index (χ2n) is 7.86. The maximum Gasteiger partial charge on any atom is 0.257 e. The summed E-state index contributed by atoms with van der Waals surface area (Å²) in [5, 5.41) is 8.91. The molecular weight excluding hydrogens is 438 g/mol. The van der Waals surface area contributed by atoms with Gasteiger partial charge in [0.2, 0.25) is 0 Å². The van der Waals surface area contributed by atoms with Gasteiger partial charge in [-0.2, -0.15) is 0 Å². The number of thiocarbonyl (C=S) groups is 1. The fraction of sp³-hybridized carbons (Fsp3) is 0.400. The molecule has 1 fully saturated rings. The number of nitrogens with one attached hydrogen (secondary N) is 3. The predicted molar refractivity (Wildman–Crippen MR) is 133 cm³/mol. The van der Waals surface area contributed by atoms with Gasteiger partial charge >= 0.3 is 0 Å². The number of rotatable bonds is 9. The lowest BCUT2D eigenvalue weighted by Gasteiger charge is -2.22. The number of ether oxygens (including phenoxy) is 2. The van der Waals surface area contributed by atoms with Crippen LogP contribution in [-0.2, 0) is 4.74 Å². The van der Waals surface area contributed by atoms with Crippen molar-refractivity contribution < 1.29 is 19.1 Å². The molecule has 1 aliphatic rings. The summed E-state index contributed by atoms with van der Waals surface area (Å²) >= 11 is 5.25. The number of amides is 2. The number of hydrogen-bond acceptors (Lipinski definition) is 5. The Hall–Kier alpha value is -2.97. The minimum absolute atomic E-state index is 0.0605. The first-order chi connectivity index (χ1) is 16.0. The van der Waals surface area contributed by atoms with Crippen molar-refractivity contribution in [3.63, 3.8) is 0 Å². The molecule has 0 heterocycles. The zero-order chi connectivity index (χ0) is 23.5. The lowest BCUT2D eigenvalue weighted by molar-refractivity contribution is 0.0926. The van der Waals surface area contributed by atoms with E-state index in [-0.39, 0.29) is 23.0 Å². The predicted octanol–water partition coefficient (Wildman–Crippen LogP) is 4.29. The van der Waals surface area contributed by atoms with Crippen LogP contribution in [-0.4, -0.2) is 42.8 Å². The number of carbonyl (C=O) groups is 2. The van der Waals surface area contributed by atoms with Crippen LogP contribution in [0.3, 0.4) is 0 Å². The molecule has 7 nitrogen and oxygen atoms in total. The summed E-state index contributed by atoms with van der Waals surface area (Å²) in [6.07, 6.45) is 5.68. The average Bonchev–Trinajstić information content (AvgIpc) is 2.83. The minimum Gasteiger partial charge on any atom is -0.491 e. The molecule has 0 spiro atoms. The molecule has 0 saturated heterocycles. The number of carbonyl (C=O) groups excluding carboxylic acids is 2. The van der Waals surface area contributed by atoms with Crippen molar-refractivity contribution >= 4 is 34.8 Å². The molecule has 1 saturated carbocycles. The van der Waals surface area contributed by atoms with Crippen LogP contribution in [0.15, 0.2) is 48.5 Å². The normalized spacial score (nSPS) is 13.7. The summed E-state index contributed by atoms with van der Waals surface area (Å²) in [6.45, 7) is 3.55. The topological polar surface area (TPSA) is 88.7 Å². The summed E-state index contributed by atoms with van der Waals surface area (Å²) < 4.78 is 10.8. The van der Waals surface area contributed by atoms with Gasteiger partial charge in [0, 0.05) is 29.5 Å². The summed E-state index contributed by atoms with van der Waals surface area (Å²) in [4.78, 5) is 24.9. The van der Waals surface area contributed by atoms with E-state index in [1.807, 2.05) is 6.92 Å². The molecule has 0 unspecified atom stereocenters. The Morgan fingerprint density at radius 1 is 0.909 bits per heavy atom. The van der Waals surface area contributed by atoms with E-state index in [2.05, 4.69) is 16.0 Å². The third-order valence-corrected chi connectivity index (χ3v) is 5.59. The molecule has 0 aromatic heterocycles. The van der Waals surface area contributed by atoms with Gasteiger partial charge in [-0.1, -0.05) is 19.3 Å². The Labute approximate surface area is 200 Å². The van der Waals surface area contributed by atoms with Crippen LogP contribution < -0.4 is 20.7 Å². The Kier molecular flexibility index (Phi) is 9.65. The van der Waals surface area contributed by atoms with Gasteiger partial charge in [0.05, 0.1) is 6.61 Å². The first kappa shape index (κ1) is 24.7. The molecule has 2 amide bonds. The third-order valence-electron chi connectivity index (χ3n) is 5.39. The standard InChI is InChI=1S/C25H31N3O4S/c1-2-31-16-17-32-22-14-10-19(11-15-22)24(30)28-25(33)27-21-12-8-18(9-13-21)23(29)26-20-6-4-3-5-7-20/h8-15,20H,2-7,16-17H2,1H3,(H,26,29)(H2,27,28,30,33). The number of anilines is 1. The highest BCUT2D eigenvalue weighted by Crippen LogP contribution is 2.18. The van der Waals surface area contributed by atoms with Gasteiger partial charge in [0.1, 0.15) is 12.4 Å². The number of hydrogen-bond donors (Lipinski definition) is 3.